The number of Topliss-reactive ketones (excluding diaryl/α,β-unsaturated/α-hetero) is 1. The number of benzene rings is 2. The predicted molar refractivity (Wildman–Crippen MR) is 129 cm³/mol. The van der Waals surface area contributed by atoms with Crippen LogP contribution in [-0.4, -0.2) is 21.5 Å². The fourth-order valence-electron chi connectivity index (χ4n) is 3.67. The highest BCUT2D eigenvalue weighted by Crippen LogP contribution is 2.18. The number of carbonyl (C=O) groups excluding carboxylic acids is 3. The third kappa shape index (κ3) is 7.77. The van der Waals surface area contributed by atoms with Crippen LogP contribution in [0.3, 0.4) is 0 Å². The third-order valence-electron chi connectivity index (χ3n) is 5.34. The van der Waals surface area contributed by atoms with E-state index in [1.807, 2.05) is 37.3 Å². The predicted octanol–water partition coefficient (Wildman–Crippen LogP) is 5.63. The molecule has 0 atom stereocenters. The number of halogens is 1. The van der Waals surface area contributed by atoms with Gasteiger partial charge in [-0.3, -0.25) is 14.2 Å². The van der Waals surface area contributed by atoms with Crippen LogP contribution < -0.4 is 5.56 Å². The van der Waals surface area contributed by atoms with Crippen LogP contribution in [0, 0.1) is 6.92 Å². The highest BCUT2D eigenvalue weighted by atomic mass is 35.5. The maximum Gasteiger partial charge on any atom is 0.373 e. The number of fused-ring (bicyclic) bond motifs is 1. The summed E-state index contributed by atoms with van der Waals surface area (Å²) in [6.07, 6.45) is 7.02. The van der Waals surface area contributed by atoms with Gasteiger partial charge in [0.15, 0.2) is 0 Å². The second kappa shape index (κ2) is 13.5. The molecule has 0 aliphatic heterocycles. The van der Waals surface area contributed by atoms with Gasteiger partial charge in [0.05, 0.1) is 16.6 Å². The van der Waals surface area contributed by atoms with Crippen LogP contribution >= 0.6 is 11.6 Å². The van der Waals surface area contributed by atoms with Crippen LogP contribution in [0.15, 0.2) is 47.3 Å². The highest BCUT2D eigenvalue weighted by Gasteiger charge is 2.13. The quantitative estimate of drug-likeness (QED) is 0.360. The Morgan fingerprint density at radius 2 is 1.64 bits per heavy atom. The van der Waals surface area contributed by atoms with E-state index in [-0.39, 0.29) is 11.7 Å². The summed E-state index contributed by atoms with van der Waals surface area (Å²) in [6, 6.07) is 13.0. The summed E-state index contributed by atoms with van der Waals surface area (Å²) < 4.78 is 1.68. The summed E-state index contributed by atoms with van der Waals surface area (Å²) in [6.45, 7) is 4.14. The molecule has 0 aliphatic rings. The molecule has 1 heterocycles. The highest BCUT2D eigenvalue weighted by molar-refractivity contribution is 6.30. The van der Waals surface area contributed by atoms with Gasteiger partial charge in [0, 0.05) is 24.3 Å². The molecule has 7 heteroatoms. The van der Waals surface area contributed by atoms with Crippen LogP contribution in [0.4, 0.5) is 0 Å². The SMILES string of the molecule is CCCCCC(=O)CCCCc1nc2cc(C)ccc2c(=O)n1-c1ccc(Cl)cc1.O=C=O. The van der Waals surface area contributed by atoms with E-state index in [1.165, 1.54) is 0 Å². The van der Waals surface area contributed by atoms with Crippen molar-refractivity contribution in [2.75, 3.05) is 0 Å². The first-order chi connectivity index (χ1) is 15.9. The lowest BCUT2D eigenvalue weighted by Gasteiger charge is -2.14. The summed E-state index contributed by atoms with van der Waals surface area (Å²) >= 11 is 6.03. The van der Waals surface area contributed by atoms with Crippen molar-refractivity contribution in [1.29, 1.82) is 0 Å². The first kappa shape index (κ1) is 26.2. The topological polar surface area (TPSA) is 86.1 Å². The lowest BCUT2D eigenvalue weighted by atomic mass is 10.1. The Morgan fingerprint density at radius 3 is 2.27 bits per heavy atom. The number of unbranched alkanes of at least 4 members (excludes halogenated alkanes) is 3. The molecule has 3 rings (SSSR count). The number of carbonyl (C=O) groups is 1. The molecule has 3 aromatic rings. The lowest BCUT2D eigenvalue weighted by Crippen LogP contribution is -2.24. The Kier molecular flexibility index (Phi) is 10.7. The molecule has 0 saturated carbocycles. The number of hydrogen-bond acceptors (Lipinski definition) is 5. The molecule has 0 aliphatic carbocycles. The molecule has 1 aromatic heterocycles. The van der Waals surface area contributed by atoms with Crippen LogP contribution in [0.2, 0.25) is 5.02 Å². The van der Waals surface area contributed by atoms with Crippen LogP contribution in [0.25, 0.3) is 16.6 Å². The first-order valence-electron chi connectivity index (χ1n) is 11.2. The maximum atomic E-state index is 13.3. The second-order valence-corrected chi connectivity index (χ2v) is 8.39. The van der Waals surface area contributed by atoms with Gasteiger partial charge in [-0.2, -0.15) is 9.59 Å². The minimum Gasteiger partial charge on any atom is -0.300 e. The van der Waals surface area contributed by atoms with Gasteiger partial charge in [0.2, 0.25) is 0 Å². The third-order valence-corrected chi connectivity index (χ3v) is 5.60. The number of hydrogen-bond donors (Lipinski definition) is 0. The van der Waals surface area contributed by atoms with E-state index in [2.05, 4.69) is 6.92 Å². The van der Waals surface area contributed by atoms with Gasteiger partial charge in [-0.15, -0.1) is 0 Å². The van der Waals surface area contributed by atoms with Crippen molar-refractivity contribution in [3.05, 3.63) is 69.2 Å². The molecule has 0 fully saturated rings. The van der Waals surface area contributed by atoms with Gasteiger partial charge in [0.25, 0.3) is 5.56 Å². The minimum atomic E-state index is -0.0760. The van der Waals surface area contributed by atoms with Crippen molar-refractivity contribution >= 4 is 34.4 Å². The summed E-state index contributed by atoms with van der Waals surface area (Å²) in [5.41, 5.74) is 2.47. The molecule has 0 amide bonds. The number of aromatic nitrogens is 2. The molecule has 0 N–H and O–H groups in total. The van der Waals surface area contributed by atoms with E-state index < -0.39 is 0 Å². The summed E-state index contributed by atoms with van der Waals surface area (Å²) in [4.78, 5) is 46.4. The largest absolute Gasteiger partial charge is 0.373 e. The molecule has 2 aromatic carbocycles. The van der Waals surface area contributed by atoms with Crippen LogP contribution in [0.1, 0.15) is 63.3 Å². The molecule has 33 heavy (non-hydrogen) atoms. The number of rotatable bonds is 10. The van der Waals surface area contributed by atoms with E-state index in [1.54, 1.807) is 16.7 Å². The minimum absolute atomic E-state index is 0.0760. The Bertz CT molecular complexity index is 1160. The zero-order valence-electron chi connectivity index (χ0n) is 19.1. The Labute approximate surface area is 198 Å². The summed E-state index contributed by atoms with van der Waals surface area (Å²) in [7, 11) is 0. The average Bonchev–Trinajstić information content (AvgIpc) is 2.78. The van der Waals surface area contributed by atoms with Gasteiger partial charge in [0.1, 0.15) is 11.6 Å². The van der Waals surface area contributed by atoms with Crippen molar-refractivity contribution in [2.45, 2.75) is 65.2 Å². The summed E-state index contributed by atoms with van der Waals surface area (Å²) in [5, 5.41) is 1.23. The molecule has 0 unspecified atom stereocenters. The van der Waals surface area contributed by atoms with Gasteiger partial charge < -0.3 is 0 Å². The Morgan fingerprint density at radius 1 is 1.00 bits per heavy atom. The van der Waals surface area contributed by atoms with Gasteiger partial charge in [-0.25, -0.2) is 4.98 Å². The smallest absolute Gasteiger partial charge is 0.300 e. The van der Waals surface area contributed by atoms with Crippen molar-refractivity contribution in [3.63, 3.8) is 0 Å². The lowest BCUT2D eigenvalue weighted by molar-refractivity contribution is -0.191. The van der Waals surface area contributed by atoms with Crippen molar-refractivity contribution < 1.29 is 14.4 Å². The van der Waals surface area contributed by atoms with Gasteiger partial charge in [-0.1, -0.05) is 37.4 Å². The maximum absolute atomic E-state index is 13.3. The zero-order chi connectivity index (χ0) is 24.2. The van der Waals surface area contributed by atoms with E-state index >= 15 is 0 Å². The first-order valence-corrected chi connectivity index (χ1v) is 11.6. The number of nitrogens with zero attached hydrogens (tertiary/aromatic N) is 2. The van der Waals surface area contributed by atoms with Crippen molar-refractivity contribution in [1.82, 2.24) is 9.55 Å². The molecule has 0 saturated heterocycles. The Hall–Kier alpha value is -3.08. The molecule has 0 radical (unpaired) electrons. The molecular weight excluding hydrogens is 440 g/mol. The van der Waals surface area contributed by atoms with Crippen LogP contribution in [0.5, 0.6) is 0 Å². The van der Waals surface area contributed by atoms with E-state index in [0.717, 1.165) is 54.7 Å². The fraction of sp³-hybridized carbons (Fsp3) is 0.385. The number of ketones is 1. The van der Waals surface area contributed by atoms with Gasteiger partial charge in [-0.05, 0) is 68.1 Å². The molecule has 0 bridgehead atoms. The van der Waals surface area contributed by atoms with E-state index in [9.17, 15) is 9.59 Å². The molecule has 174 valence electrons. The molecular formula is C26H29ClN2O4. The molecule has 6 nitrogen and oxygen atoms in total. The van der Waals surface area contributed by atoms with Crippen molar-refractivity contribution in [3.8, 4) is 5.69 Å². The van der Waals surface area contributed by atoms with Gasteiger partial charge >= 0.3 is 6.15 Å². The standard InChI is InChI=1S/C25H29ClN2O2.CO2/c1-3-4-5-8-21(29)9-6-7-10-24-27-23-17-18(2)11-16-22(23)25(30)28(24)20-14-12-19(26)13-15-20;2-1-3/h11-17H,3-10H2,1-2H3;. The summed E-state index contributed by atoms with van der Waals surface area (Å²) in [5.74, 6) is 1.06. The van der Waals surface area contributed by atoms with Crippen LogP contribution in [-0.2, 0) is 20.8 Å². The zero-order valence-corrected chi connectivity index (χ0v) is 19.9. The molecule has 0 spiro atoms. The fourth-order valence-corrected chi connectivity index (χ4v) is 3.79. The average molecular weight is 469 g/mol. The number of aryl methyl sites for hydroxylation is 2. The van der Waals surface area contributed by atoms with E-state index in [0.29, 0.717) is 35.5 Å². The normalized spacial score (nSPS) is 10.4. The second-order valence-electron chi connectivity index (χ2n) is 7.95. The monoisotopic (exact) mass is 468 g/mol. The van der Waals surface area contributed by atoms with E-state index in [4.69, 9.17) is 26.2 Å². The van der Waals surface area contributed by atoms with Crippen molar-refractivity contribution in [2.24, 2.45) is 0 Å². The Balaban J connectivity index is 0.00000122.